The predicted molar refractivity (Wildman–Crippen MR) is 52.3 cm³/mol. The van der Waals surface area contributed by atoms with E-state index in [4.69, 9.17) is 14.9 Å². The number of methoxy groups -OCH3 is 1. The van der Waals surface area contributed by atoms with E-state index in [0.29, 0.717) is 26.1 Å². The Bertz CT molecular complexity index is 152. The molecular formula is C9H19NO4. The van der Waals surface area contributed by atoms with Crippen molar-refractivity contribution >= 4 is 5.97 Å². The lowest BCUT2D eigenvalue weighted by atomic mass is 10.3. The van der Waals surface area contributed by atoms with Gasteiger partial charge < -0.3 is 14.9 Å². The van der Waals surface area contributed by atoms with E-state index < -0.39 is 5.97 Å². The van der Waals surface area contributed by atoms with Crippen LogP contribution in [0.15, 0.2) is 0 Å². The van der Waals surface area contributed by atoms with Gasteiger partial charge in [-0.1, -0.05) is 0 Å². The van der Waals surface area contributed by atoms with Crippen LogP contribution in [0.25, 0.3) is 0 Å². The second kappa shape index (κ2) is 8.93. The van der Waals surface area contributed by atoms with Crippen LogP contribution in [0.1, 0.15) is 12.8 Å². The minimum atomic E-state index is -0.777. The van der Waals surface area contributed by atoms with Crippen LogP contribution < -0.4 is 0 Å². The summed E-state index contributed by atoms with van der Waals surface area (Å²) in [5.74, 6) is -0.777. The molecule has 84 valence electrons. The molecule has 0 aromatic carbocycles. The highest BCUT2D eigenvalue weighted by atomic mass is 16.5. The molecule has 0 spiro atoms. The first-order chi connectivity index (χ1) is 6.70. The lowest BCUT2D eigenvalue weighted by Gasteiger charge is -2.20. The minimum Gasteiger partial charge on any atom is -0.481 e. The zero-order valence-corrected chi connectivity index (χ0v) is 8.61. The van der Waals surface area contributed by atoms with Crippen LogP contribution in [0.5, 0.6) is 0 Å². The number of carboxylic acids is 1. The van der Waals surface area contributed by atoms with E-state index in [9.17, 15) is 4.79 Å². The minimum absolute atomic E-state index is 0.0940. The van der Waals surface area contributed by atoms with Gasteiger partial charge in [-0.15, -0.1) is 0 Å². The Balaban J connectivity index is 3.55. The molecule has 0 fully saturated rings. The summed E-state index contributed by atoms with van der Waals surface area (Å²) < 4.78 is 4.91. The molecule has 0 amide bonds. The van der Waals surface area contributed by atoms with E-state index >= 15 is 0 Å². The second-order valence-electron chi connectivity index (χ2n) is 3.06. The van der Waals surface area contributed by atoms with Gasteiger partial charge in [0.1, 0.15) is 0 Å². The van der Waals surface area contributed by atoms with Crippen LogP contribution in [0, 0.1) is 0 Å². The summed E-state index contributed by atoms with van der Waals surface area (Å²) in [6.45, 7) is 2.69. The van der Waals surface area contributed by atoms with Gasteiger partial charge in [0, 0.05) is 26.6 Å². The molecule has 2 N–H and O–H groups in total. The standard InChI is InChI=1S/C9H19NO4/c1-14-8-6-10(5-7-11)4-2-3-9(12)13/h11H,2-8H2,1H3,(H,12,13). The third kappa shape index (κ3) is 7.97. The smallest absolute Gasteiger partial charge is 0.303 e. The number of carbonyl (C=O) groups is 1. The van der Waals surface area contributed by atoms with Gasteiger partial charge >= 0.3 is 5.97 Å². The molecule has 0 aromatic rings. The fourth-order valence-corrected chi connectivity index (χ4v) is 1.15. The molecule has 5 nitrogen and oxygen atoms in total. The van der Waals surface area contributed by atoms with Gasteiger partial charge in [0.25, 0.3) is 0 Å². The SMILES string of the molecule is COCCN(CCO)CCCC(=O)O. The maximum atomic E-state index is 10.3. The molecule has 0 saturated heterocycles. The molecule has 0 radical (unpaired) electrons. The van der Waals surface area contributed by atoms with Gasteiger partial charge in [0.15, 0.2) is 0 Å². The first-order valence-corrected chi connectivity index (χ1v) is 4.74. The quantitative estimate of drug-likeness (QED) is 0.545. The maximum absolute atomic E-state index is 10.3. The summed E-state index contributed by atoms with van der Waals surface area (Å²) >= 11 is 0. The van der Waals surface area contributed by atoms with Crippen LogP contribution in [-0.2, 0) is 9.53 Å². The van der Waals surface area contributed by atoms with Crippen LogP contribution in [0.2, 0.25) is 0 Å². The number of nitrogens with zero attached hydrogens (tertiary/aromatic N) is 1. The molecule has 0 saturated carbocycles. The number of aliphatic hydroxyl groups is 1. The fraction of sp³-hybridized carbons (Fsp3) is 0.889. The third-order valence-electron chi connectivity index (χ3n) is 1.89. The normalized spacial score (nSPS) is 10.8. The Kier molecular flexibility index (Phi) is 8.51. The maximum Gasteiger partial charge on any atom is 0.303 e. The lowest BCUT2D eigenvalue weighted by molar-refractivity contribution is -0.137. The van der Waals surface area contributed by atoms with Crippen molar-refractivity contribution in [2.75, 3.05) is 40.0 Å². The van der Waals surface area contributed by atoms with Crippen molar-refractivity contribution in [3.05, 3.63) is 0 Å². The molecule has 5 heteroatoms. The van der Waals surface area contributed by atoms with Crippen molar-refractivity contribution in [1.82, 2.24) is 4.90 Å². The predicted octanol–water partition coefficient (Wildman–Crippen LogP) is -0.208. The number of aliphatic carboxylic acids is 1. The molecule has 0 atom stereocenters. The van der Waals surface area contributed by atoms with E-state index in [-0.39, 0.29) is 13.0 Å². The van der Waals surface area contributed by atoms with E-state index in [1.807, 2.05) is 4.90 Å². The van der Waals surface area contributed by atoms with Crippen molar-refractivity contribution in [2.24, 2.45) is 0 Å². The Hall–Kier alpha value is -0.650. The zero-order valence-electron chi connectivity index (χ0n) is 8.61. The third-order valence-corrected chi connectivity index (χ3v) is 1.89. The molecule has 0 aliphatic heterocycles. The summed E-state index contributed by atoms with van der Waals surface area (Å²) in [6, 6.07) is 0. The molecule has 0 rings (SSSR count). The van der Waals surface area contributed by atoms with Crippen molar-refractivity contribution in [1.29, 1.82) is 0 Å². The number of aliphatic hydroxyl groups excluding tert-OH is 1. The molecular weight excluding hydrogens is 186 g/mol. The summed E-state index contributed by atoms with van der Waals surface area (Å²) in [5.41, 5.74) is 0. The average Bonchev–Trinajstić information content (AvgIpc) is 2.13. The Labute approximate surface area is 84.3 Å². The monoisotopic (exact) mass is 205 g/mol. The number of carboxylic acid groups (broad SMARTS) is 1. The number of hydrogen-bond donors (Lipinski definition) is 2. The van der Waals surface area contributed by atoms with E-state index in [2.05, 4.69) is 0 Å². The molecule has 0 bridgehead atoms. The van der Waals surface area contributed by atoms with Crippen LogP contribution in [0.4, 0.5) is 0 Å². The topological polar surface area (TPSA) is 70.0 Å². The average molecular weight is 205 g/mol. The highest BCUT2D eigenvalue weighted by molar-refractivity contribution is 5.66. The van der Waals surface area contributed by atoms with Crippen LogP contribution in [0.3, 0.4) is 0 Å². The van der Waals surface area contributed by atoms with E-state index in [0.717, 1.165) is 6.54 Å². The fourth-order valence-electron chi connectivity index (χ4n) is 1.15. The summed E-state index contributed by atoms with van der Waals surface area (Å²) in [5, 5.41) is 17.2. The molecule has 0 aliphatic rings. The number of hydrogen-bond acceptors (Lipinski definition) is 4. The summed E-state index contributed by atoms with van der Waals surface area (Å²) in [4.78, 5) is 12.3. The van der Waals surface area contributed by atoms with Crippen LogP contribution in [-0.4, -0.2) is 61.0 Å². The van der Waals surface area contributed by atoms with Crippen molar-refractivity contribution < 1.29 is 19.7 Å². The first-order valence-electron chi connectivity index (χ1n) is 4.74. The van der Waals surface area contributed by atoms with Gasteiger partial charge in [-0.05, 0) is 13.0 Å². The van der Waals surface area contributed by atoms with E-state index in [1.54, 1.807) is 7.11 Å². The molecule has 14 heavy (non-hydrogen) atoms. The summed E-state index contributed by atoms with van der Waals surface area (Å²) in [6.07, 6.45) is 0.786. The van der Waals surface area contributed by atoms with Crippen molar-refractivity contribution in [3.63, 3.8) is 0 Å². The van der Waals surface area contributed by atoms with E-state index in [1.165, 1.54) is 0 Å². The highest BCUT2D eigenvalue weighted by Gasteiger charge is 2.04. The Morgan fingerprint density at radius 1 is 1.36 bits per heavy atom. The number of rotatable bonds is 9. The van der Waals surface area contributed by atoms with Crippen molar-refractivity contribution in [3.8, 4) is 0 Å². The molecule has 0 aliphatic carbocycles. The number of ether oxygens (including phenoxy) is 1. The Morgan fingerprint density at radius 3 is 2.57 bits per heavy atom. The van der Waals surface area contributed by atoms with Crippen LogP contribution >= 0.6 is 0 Å². The molecule has 0 heterocycles. The largest absolute Gasteiger partial charge is 0.481 e. The van der Waals surface area contributed by atoms with Gasteiger partial charge in [0.05, 0.1) is 13.2 Å². The zero-order chi connectivity index (χ0) is 10.8. The first kappa shape index (κ1) is 13.4. The highest BCUT2D eigenvalue weighted by Crippen LogP contribution is 1.95. The van der Waals surface area contributed by atoms with Gasteiger partial charge in [-0.25, -0.2) is 0 Å². The van der Waals surface area contributed by atoms with Gasteiger partial charge in [-0.3, -0.25) is 9.69 Å². The lowest BCUT2D eigenvalue weighted by Crippen LogP contribution is -2.31. The Morgan fingerprint density at radius 2 is 2.07 bits per heavy atom. The van der Waals surface area contributed by atoms with Gasteiger partial charge in [0.2, 0.25) is 0 Å². The second-order valence-corrected chi connectivity index (χ2v) is 3.06. The summed E-state index contributed by atoms with van der Waals surface area (Å²) in [7, 11) is 1.62. The molecule has 0 aromatic heterocycles. The van der Waals surface area contributed by atoms with Crippen molar-refractivity contribution in [2.45, 2.75) is 12.8 Å². The molecule has 0 unspecified atom stereocenters. The van der Waals surface area contributed by atoms with Gasteiger partial charge in [-0.2, -0.15) is 0 Å².